The van der Waals surface area contributed by atoms with Crippen LogP contribution in [-0.2, 0) is 4.79 Å². The SMILES string of the molecule is CC/C=C\C/C=C\C/C=C\C/C=C\CCCCCCCCCCCCCCCCCCCCC(=O)NC(CO)C(O)CCCCCCCCCCCCCCCCCCCCC. The lowest BCUT2D eigenvalue weighted by molar-refractivity contribution is -0.123. The summed E-state index contributed by atoms with van der Waals surface area (Å²) in [6.45, 7) is 4.27. The Kier molecular flexibility index (Phi) is 52.3. The second-order valence-corrected chi connectivity index (χ2v) is 19.0. The van der Waals surface area contributed by atoms with Crippen molar-refractivity contribution in [1.29, 1.82) is 0 Å². The van der Waals surface area contributed by atoms with Crippen molar-refractivity contribution in [1.82, 2.24) is 5.32 Å². The van der Waals surface area contributed by atoms with Gasteiger partial charge in [-0.2, -0.15) is 0 Å². The first kappa shape index (κ1) is 60.4. The minimum atomic E-state index is -0.659. The minimum absolute atomic E-state index is 0.0274. The number of hydrogen-bond acceptors (Lipinski definition) is 3. The Labute approximate surface area is 388 Å². The van der Waals surface area contributed by atoms with Gasteiger partial charge in [0.05, 0.1) is 18.8 Å². The molecule has 364 valence electrons. The van der Waals surface area contributed by atoms with Crippen LogP contribution in [-0.4, -0.2) is 34.9 Å². The Hall–Kier alpha value is -1.65. The molecular formula is C58H109NO3. The van der Waals surface area contributed by atoms with Crippen LogP contribution in [0.15, 0.2) is 48.6 Å². The van der Waals surface area contributed by atoms with Crippen molar-refractivity contribution in [3.05, 3.63) is 48.6 Å². The van der Waals surface area contributed by atoms with Gasteiger partial charge in [0.15, 0.2) is 0 Å². The standard InChI is InChI=1S/C58H109NO3/c1-3-5-7-9-11-13-15-17-19-21-23-24-25-26-27-28-29-30-31-32-33-34-36-38-40-42-44-46-48-50-52-54-58(62)59-56(55-60)57(61)53-51-49-47-45-43-41-39-37-35-22-20-18-16-14-12-10-8-6-4-2/h5,7,11,13,17,19,23-24,56-57,60-61H,3-4,6,8-10,12,14-16,18,20-22,25-55H2,1-2H3,(H,59,62)/b7-5-,13-11-,19-17-,24-23-. The highest BCUT2D eigenvalue weighted by Gasteiger charge is 2.20. The summed E-state index contributed by atoms with van der Waals surface area (Å²) < 4.78 is 0. The highest BCUT2D eigenvalue weighted by Crippen LogP contribution is 2.17. The average molecular weight is 869 g/mol. The molecule has 3 N–H and O–H groups in total. The van der Waals surface area contributed by atoms with Crippen LogP contribution in [0, 0.1) is 0 Å². The van der Waals surface area contributed by atoms with E-state index in [9.17, 15) is 15.0 Å². The maximum absolute atomic E-state index is 12.5. The Balaban J connectivity index is 3.44. The summed E-state index contributed by atoms with van der Waals surface area (Å²) in [7, 11) is 0. The van der Waals surface area contributed by atoms with Crippen molar-refractivity contribution in [3.63, 3.8) is 0 Å². The van der Waals surface area contributed by atoms with Gasteiger partial charge in [0, 0.05) is 6.42 Å². The molecule has 1 amide bonds. The lowest BCUT2D eigenvalue weighted by Gasteiger charge is -2.22. The van der Waals surface area contributed by atoms with Gasteiger partial charge in [0.25, 0.3) is 0 Å². The van der Waals surface area contributed by atoms with Crippen molar-refractivity contribution >= 4 is 5.91 Å². The van der Waals surface area contributed by atoms with Gasteiger partial charge in [-0.15, -0.1) is 0 Å². The van der Waals surface area contributed by atoms with E-state index in [1.54, 1.807) is 0 Å². The molecule has 4 heteroatoms. The monoisotopic (exact) mass is 868 g/mol. The summed E-state index contributed by atoms with van der Waals surface area (Å²) in [5.74, 6) is -0.0274. The van der Waals surface area contributed by atoms with E-state index < -0.39 is 12.1 Å². The fraction of sp³-hybridized carbons (Fsp3) is 0.845. The van der Waals surface area contributed by atoms with Gasteiger partial charge in [-0.1, -0.05) is 287 Å². The van der Waals surface area contributed by atoms with Gasteiger partial charge in [0.2, 0.25) is 5.91 Å². The van der Waals surface area contributed by atoms with Crippen LogP contribution in [0.5, 0.6) is 0 Å². The number of aliphatic hydroxyl groups excluding tert-OH is 2. The van der Waals surface area contributed by atoms with Crippen LogP contribution in [0.3, 0.4) is 0 Å². The molecule has 0 rings (SSSR count). The molecule has 0 heterocycles. The van der Waals surface area contributed by atoms with E-state index in [1.165, 1.54) is 218 Å². The molecule has 0 saturated heterocycles. The van der Waals surface area contributed by atoms with E-state index >= 15 is 0 Å². The highest BCUT2D eigenvalue weighted by atomic mass is 16.3. The van der Waals surface area contributed by atoms with E-state index in [-0.39, 0.29) is 12.5 Å². The molecule has 4 nitrogen and oxygen atoms in total. The van der Waals surface area contributed by atoms with Crippen molar-refractivity contribution in [3.8, 4) is 0 Å². The van der Waals surface area contributed by atoms with Crippen LogP contribution >= 0.6 is 0 Å². The molecule has 0 bridgehead atoms. The molecule has 0 aromatic carbocycles. The summed E-state index contributed by atoms with van der Waals surface area (Å²) >= 11 is 0. The normalized spacial score (nSPS) is 13.2. The maximum atomic E-state index is 12.5. The second kappa shape index (κ2) is 53.7. The Morgan fingerprint density at radius 3 is 1.06 bits per heavy atom. The van der Waals surface area contributed by atoms with Crippen LogP contribution in [0.1, 0.15) is 296 Å². The predicted octanol–water partition coefficient (Wildman–Crippen LogP) is 18.3. The van der Waals surface area contributed by atoms with Crippen molar-refractivity contribution in [2.45, 2.75) is 309 Å². The number of unbranched alkanes of at least 4 members (excludes halogenated alkanes) is 36. The van der Waals surface area contributed by atoms with Gasteiger partial charge < -0.3 is 15.5 Å². The van der Waals surface area contributed by atoms with Crippen LogP contribution < -0.4 is 5.32 Å². The zero-order valence-corrected chi connectivity index (χ0v) is 41.9. The summed E-state index contributed by atoms with van der Waals surface area (Å²) in [6, 6.07) is -0.536. The van der Waals surface area contributed by atoms with Gasteiger partial charge >= 0.3 is 0 Å². The van der Waals surface area contributed by atoms with Crippen molar-refractivity contribution in [2.75, 3.05) is 6.61 Å². The van der Waals surface area contributed by atoms with Crippen molar-refractivity contribution in [2.24, 2.45) is 0 Å². The number of aliphatic hydroxyl groups is 2. The molecule has 0 aromatic rings. The Morgan fingerprint density at radius 2 is 0.710 bits per heavy atom. The summed E-state index contributed by atoms with van der Waals surface area (Å²) in [5.41, 5.74) is 0. The molecule has 0 aliphatic carbocycles. The highest BCUT2D eigenvalue weighted by molar-refractivity contribution is 5.76. The second-order valence-electron chi connectivity index (χ2n) is 19.0. The van der Waals surface area contributed by atoms with Gasteiger partial charge in [-0.05, 0) is 51.4 Å². The third kappa shape index (κ3) is 49.4. The third-order valence-corrected chi connectivity index (χ3v) is 12.9. The lowest BCUT2D eigenvalue weighted by Crippen LogP contribution is -2.45. The number of carbonyl (C=O) groups is 1. The first-order valence-corrected chi connectivity index (χ1v) is 27.8. The fourth-order valence-corrected chi connectivity index (χ4v) is 8.65. The van der Waals surface area contributed by atoms with Crippen molar-refractivity contribution < 1.29 is 15.0 Å². The van der Waals surface area contributed by atoms with Crippen LogP contribution in [0.4, 0.5) is 0 Å². The molecule has 2 atom stereocenters. The number of allylic oxidation sites excluding steroid dienone is 8. The number of amides is 1. The predicted molar refractivity (Wildman–Crippen MR) is 276 cm³/mol. The minimum Gasteiger partial charge on any atom is -0.394 e. The first-order chi connectivity index (χ1) is 30.7. The first-order valence-electron chi connectivity index (χ1n) is 27.8. The van der Waals surface area contributed by atoms with E-state index in [1.807, 2.05) is 0 Å². The van der Waals surface area contributed by atoms with E-state index in [2.05, 4.69) is 67.8 Å². The van der Waals surface area contributed by atoms with Gasteiger partial charge in [0.1, 0.15) is 0 Å². The van der Waals surface area contributed by atoms with Gasteiger partial charge in [-0.25, -0.2) is 0 Å². The number of nitrogens with one attached hydrogen (secondary N) is 1. The fourth-order valence-electron chi connectivity index (χ4n) is 8.65. The summed E-state index contributed by atoms with van der Waals surface area (Å²) in [6.07, 6.45) is 73.8. The molecule has 0 spiro atoms. The van der Waals surface area contributed by atoms with Gasteiger partial charge in [-0.3, -0.25) is 4.79 Å². The topological polar surface area (TPSA) is 69.6 Å². The molecule has 0 aliphatic heterocycles. The molecule has 2 unspecified atom stereocenters. The Bertz CT molecular complexity index is 985. The largest absolute Gasteiger partial charge is 0.394 e. The molecular weight excluding hydrogens is 759 g/mol. The molecule has 0 aromatic heterocycles. The average Bonchev–Trinajstić information content (AvgIpc) is 3.28. The number of carbonyl (C=O) groups excluding carboxylic acids is 1. The third-order valence-electron chi connectivity index (χ3n) is 12.9. The summed E-state index contributed by atoms with van der Waals surface area (Å²) in [5, 5.41) is 23.3. The zero-order valence-electron chi connectivity index (χ0n) is 41.9. The number of hydrogen-bond donors (Lipinski definition) is 3. The van der Waals surface area contributed by atoms with E-state index in [0.717, 1.165) is 51.4 Å². The van der Waals surface area contributed by atoms with E-state index in [0.29, 0.717) is 12.8 Å². The molecule has 0 saturated carbocycles. The smallest absolute Gasteiger partial charge is 0.220 e. The zero-order chi connectivity index (χ0) is 44.9. The quantitative estimate of drug-likeness (QED) is 0.0421. The molecule has 0 fully saturated rings. The van der Waals surface area contributed by atoms with Crippen LogP contribution in [0.2, 0.25) is 0 Å². The summed E-state index contributed by atoms with van der Waals surface area (Å²) in [4.78, 5) is 12.5. The Morgan fingerprint density at radius 1 is 0.403 bits per heavy atom. The van der Waals surface area contributed by atoms with E-state index in [4.69, 9.17) is 0 Å². The maximum Gasteiger partial charge on any atom is 0.220 e. The van der Waals surface area contributed by atoms with Crippen LogP contribution in [0.25, 0.3) is 0 Å². The number of rotatable bonds is 51. The lowest BCUT2D eigenvalue weighted by atomic mass is 10.0. The molecule has 0 aliphatic rings. The molecule has 62 heavy (non-hydrogen) atoms. The molecule has 0 radical (unpaired) electrons.